The van der Waals surface area contributed by atoms with Crippen LogP contribution in [0.25, 0.3) is 0 Å². The van der Waals surface area contributed by atoms with Gasteiger partial charge in [-0.3, -0.25) is 4.98 Å². The third-order valence-corrected chi connectivity index (χ3v) is 3.49. The van der Waals surface area contributed by atoms with Gasteiger partial charge in [-0.25, -0.2) is 4.79 Å². The number of thioether (sulfide) groups is 1. The molecule has 0 saturated carbocycles. The molecule has 0 aromatic carbocycles. The number of hydrogen-bond donors (Lipinski definition) is 0. The van der Waals surface area contributed by atoms with E-state index in [1.807, 2.05) is 6.07 Å². The molecule has 0 bridgehead atoms. The number of hydrogen-bond acceptors (Lipinski definition) is 4. The third-order valence-electron chi connectivity index (χ3n) is 1.96. The molecule has 1 aromatic heterocycles. The fourth-order valence-electron chi connectivity index (χ4n) is 1.28. The standard InChI is InChI=1S/C10H8BrNO2S/c1-14-10(13)4-7-3-8-9(15-7)2-6(11)5-12-8/h2,4-5H,3H2,1H3/b7-4+. The monoisotopic (exact) mass is 285 g/mol. The van der Waals surface area contributed by atoms with Crippen molar-refractivity contribution in [2.75, 3.05) is 7.11 Å². The maximum absolute atomic E-state index is 11.0. The molecule has 0 radical (unpaired) electrons. The minimum absolute atomic E-state index is 0.315. The van der Waals surface area contributed by atoms with E-state index >= 15 is 0 Å². The van der Waals surface area contributed by atoms with Crippen LogP contribution in [0.2, 0.25) is 0 Å². The molecule has 3 nitrogen and oxygen atoms in total. The Balaban J connectivity index is 2.22. The molecule has 1 aliphatic heterocycles. The molecule has 0 spiro atoms. The van der Waals surface area contributed by atoms with Crippen molar-refractivity contribution < 1.29 is 9.53 Å². The molecule has 0 fully saturated rings. The van der Waals surface area contributed by atoms with Crippen LogP contribution in [-0.4, -0.2) is 18.1 Å². The topological polar surface area (TPSA) is 39.2 Å². The third kappa shape index (κ3) is 2.41. The Hall–Kier alpha value is -0.810. The number of fused-ring (bicyclic) bond motifs is 1. The largest absolute Gasteiger partial charge is 0.466 e. The van der Waals surface area contributed by atoms with Crippen LogP contribution in [-0.2, 0) is 16.0 Å². The summed E-state index contributed by atoms with van der Waals surface area (Å²) in [6, 6.07) is 2.01. The van der Waals surface area contributed by atoms with E-state index in [2.05, 4.69) is 25.7 Å². The summed E-state index contributed by atoms with van der Waals surface area (Å²) in [5, 5.41) is 0. The molecule has 0 aliphatic carbocycles. The zero-order valence-electron chi connectivity index (χ0n) is 7.99. The van der Waals surface area contributed by atoms with Crippen molar-refractivity contribution >= 4 is 33.7 Å². The lowest BCUT2D eigenvalue weighted by Crippen LogP contribution is -1.95. The number of pyridine rings is 1. The normalized spacial score (nSPS) is 16.5. The predicted octanol–water partition coefficient (Wildman–Crippen LogP) is 2.55. The second kappa shape index (κ2) is 4.37. The van der Waals surface area contributed by atoms with Crippen molar-refractivity contribution in [3.63, 3.8) is 0 Å². The van der Waals surface area contributed by atoms with Gasteiger partial charge in [-0.2, -0.15) is 0 Å². The van der Waals surface area contributed by atoms with Gasteiger partial charge in [0.15, 0.2) is 0 Å². The predicted molar refractivity (Wildman–Crippen MR) is 61.6 cm³/mol. The van der Waals surface area contributed by atoms with Crippen LogP contribution in [0.3, 0.4) is 0 Å². The number of rotatable bonds is 1. The Kier molecular flexibility index (Phi) is 3.11. The van der Waals surface area contributed by atoms with Gasteiger partial charge >= 0.3 is 5.97 Å². The molecular formula is C10H8BrNO2S. The second-order valence-corrected chi connectivity index (χ2v) is 5.10. The lowest BCUT2D eigenvalue weighted by atomic mass is 10.2. The number of esters is 1. The summed E-state index contributed by atoms with van der Waals surface area (Å²) in [6.45, 7) is 0. The molecular weight excluding hydrogens is 278 g/mol. The summed E-state index contributed by atoms with van der Waals surface area (Å²) < 4.78 is 5.53. The maximum Gasteiger partial charge on any atom is 0.331 e. The fourth-order valence-corrected chi connectivity index (χ4v) is 2.84. The van der Waals surface area contributed by atoms with Gasteiger partial charge in [0.1, 0.15) is 0 Å². The Bertz CT molecular complexity index is 445. The Morgan fingerprint density at radius 3 is 3.27 bits per heavy atom. The van der Waals surface area contributed by atoms with Crippen molar-refractivity contribution in [3.05, 3.63) is 33.4 Å². The van der Waals surface area contributed by atoms with Crippen LogP contribution in [0.1, 0.15) is 5.69 Å². The number of aromatic nitrogens is 1. The Morgan fingerprint density at radius 1 is 1.73 bits per heavy atom. The number of halogens is 1. The first-order chi connectivity index (χ1) is 7.19. The van der Waals surface area contributed by atoms with Crippen LogP contribution < -0.4 is 0 Å². The molecule has 0 N–H and O–H groups in total. The van der Waals surface area contributed by atoms with Gasteiger partial charge in [-0.1, -0.05) is 11.8 Å². The van der Waals surface area contributed by atoms with Gasteiger partial charge in [0.05, 0.1) is 12.8 Å². The number of methoxy groups -OCH3 is 1. The average Bonchev–Trinajstić information content (AvgIpc) is 2.59. The van der Waals surface area contributed by atoms with Crippen molar-refractivity contribution in [3.8, 4) is 0 Å². The molecule has 1 aromatic rings. The van der Waals surface area contributed by atoms with Crippen LogP contribution >= 0.6 is 27.7 Å². The number of ether oxygens (including phenoxy) is 1. The molecule has 0 saturated heterocycles. The number of carbonyl (C=O) groups is 1. The lowest BCUT2D eigenvalue weighted by Gasteiger charge is -1.94. The molecule has 0 atom stereocenters. The highest BCUT2D eigenvalue weighted by atomic mass is 79.9. The minimum Gasteiger partial charge on any atom is -0.466 e. The van der Waals surface area contributed by atoms with E-state index in [9.17, 15) is 4.79 Å². The lowest BCUT2D eigenvalue weighted by molar-refractivity contribution is -0.134. The maximum atomic E-state index is 11.0. The molecule has 2 rings (SSSR count). The molecule has 5 heteroatoms. The summed E-state index contributed by atoms with van der Waals surface area (Å²) in [4.78, 5) is 17.4. The van der Waals surface area contributed by atoms with Gasteiger partial charge in [-0.15, -0.1) is 0 Å². The molecule has 15 heavy (non-hydrogen) atoms. The van der Waals surface area contributed by atoms with Crippen LogP contribution in [0.4, 0.5) is 0 Å². The Labute approximate surface area is 100 Å². The highest BCUT2D eigenvalue weighted by Gasteiger charge is 2.18. The Morgan fingerprint density at radius 2 is 2.53 bits per heavy atom. The second-order valence-electron chi connectivity index (χ2n) is 3.01. The van der Waals surface area contributed by atoms with E-state index in [4.69, 9.17) is 0 Å². The van der Waals surface area contributed by atoms with Gasteiger partial charge < -0.3 is 4.74 Å². The van der Waals surface area contributed by atoms with Gasteiger partial charge in [0.2, 0.25) is 0 Å². The van der Waals surface area contributed by atoms with E-state index in [0.717, 1.165) is 20.0 Å². The van der Waals surface area contributed by atoms with Gasteiger partial charge in [-0.05, 0) is 22.0 Å². The van der Waals surface area contributed by atoms with Crippen molar-refractivity contribution in [1.82, 2.24) is 4.98 Å². The molecule has 78 valence electrons. The average molecular weight is 286 g/mol. The first kappa shape index (κ1) is 10.7. The van der Waals surface area contributed by atoms with E-state index in [-0.39, 0.29) is 5.97 Å². The van der Waals surface area contributed by atoms with Crippen LogP contribution in [0.15, 0.2) is 32.6 Å². The fraction of sp³-hybridized carbons (Fsp3) is 0.200. The van der Waals surface area contributed by atoms with Crippen molar-refractivity contribution in [1.29, 1.82) is 0 Å². The highest BCUT2D eigenvalue weighted by molar-refractivity contribution is 9.10. The molecule has 2 heterocycles. The summed E-state index contributed by atoms with van der Waals surface area (Å²) >= 11 is 4.92. The van der Waals surface area contributed by atoms with Crippen molar-refractivity contribution in [2.24, 2.45) is 0 Å². The van der Waals surface area contributed by atoms with E-state index < -0.39 is 0 Å². The quantitative estimate of drug-likeness (QED) is 0.587. The minimum atomic E-state index is -0.315. The van der Waals surface area contributed by atoms with E-state index in [0.29, 0.717) is 6.42 Å². The molecule has 0 unspecified atom stereocenters. The van der Waals surface area contributed by atoms with Gasteiger partial charge in [0, 0.05) is 33.0 Å². The molecule has 0 amide bonds. The highest BCUT2D eigenvalue weighted by Crippen LogP contribution is 2.39. The van der Waals surface area contributed by atoms with E-state index in [1.165, 1.54) is 13.2 Å². The zero-order valence-corrected chi connectivity index (χ0v) is 10.4. The van der Waals surface area contributed by atoms with Crippen molar-refractivity contribution in [2.45, 2.75) is 11.3 Å². The number of allylic oxidation sites excluding steroid dienone is 1. The SMILES string of the molecule is COC(=O)/C=C1\Cc2ncc(Br)cc2S1. The first-order valence-corrected chi connectivity index (χ1v) is 5.91. The van der Waals surface area contributed by atoms with Crippen LogP contribution in [0, 0.1) is 0 Å². The smallest absolute Gasteiger partial charge is 0.331 e. The summed E-state index contributed by atoms with van der Waals surface area (Å²) in [6.07, 6.45) is 3.99. The zero-order chi connectivity index (χ0) is 10.8. The van der Waals surface area contributed by atoms with Crippen LogP contribution in [0.5, 0.6) is 0 Å². The first-order valence-electron chi connectivity index (χ1n) is 4.30. The number of nitrogens with zero attached hydrogens (tertiary/aromatic N) is 1. The summed E-state index contributed by atoms with van der Waals surface area (Å²) in [5.41, 5.74) is 1.01. The summed E-state index contributed by atoms with van der Waals surface area (Å²) in [5.74, 6) is -0.315. The number of carbonyl (C=O) groups excluding carboxylic acids is 1. The van der Waals surface area contributed by atoms with E-state index in [1.54, 1.807) is 18.0 Å². The molecule has 1 aliphatic rings. The summed E-state index contributed by atoms with van der Waals surface area (Å²) in [7, 11) is 1.38. The van der Waals surface area contributed by atoms with Gasteiger partial charge in [0.25, 0.3) is 0 Å².